The summed E-state index contributed by atoms with van der Waals surface area (Å²) in [6.45, 7) is 7.24. The second kappa shape index (κ2) is 3.98. The quantitative estimate of drug-likeness (QED) is 0.802. The number of hydrogen-bond donors (Lipinski definition) is 2. The van der Waals surface area contributed by atoms with Gasteiger partial charge in [-0.3, -0.25) is 0 Å². The number of benzene rings is 1. The van der Waals surface area contributed by atoms with Crippen LogP contribution in [0.15, 0.2) is 18.2 Å². The van der Waals surface area contributed by atoms with E-state index < -0.39 is 0 Å². The van der Waals surface area contributed by atoms with E-state index in [0.717, 1.165) is 17.8 Å². The lowest BCUT2D eigenvalue weighted by molar-refractivity contribution is 0.458. The minimum atomic E-state index is 0.0656. The van der Waals surface area contributed by atoms with Gasteiger partial charge in [0.2, 0.25) is 0 Å². The van der Waals surface area contributed by atoms with Crippen LogP contribution >= 0.6 is 0 Å². The van der Waals surface area contributed by atoms with Crippen molar-refractivity contribution in [1.29, 1.82) is 0 Å². The Hall–Kier alpha value is -1.22. The van der Waals surface area contributed by atoms with Crippen LogP contribution in [-0.2, 0) is 0 Å². The van der Waals surface area contributed by atoms with Gasteiger partial charge in [-0.05, 0) is 32.9 Å². The van der Waals surface area contributed by atoms with Crippen LogP contribution in [-0.4, -0.2) is 23.7 Å². The molecule has 88 valence electrons. The van der Waals surface area contributed by atoms with Crippen molar-refractivity contribution in [2.75, 3.05) is 11.4 Å². The van der Waals surface area contributed by atoms with Gasteiger partial charge < -0.3 is 15.7 Å². The normalized spacial score (nSPS) is 21.3. The molecule has 16 heavy (non-hydrogen) atoms. The summed E-state index contributed by atoms with van der Waals surface area (Å²) in [5.74, 6) is 0.613. The summed E-state index contributed by atoms with van der Waals surface area (Å²) in [4.78, 5) is 2.31. The van der Waals surface area contributed by atoms with Crippen molar-refractivity contribution >= 4 is 5.69 Å². The van der Waals surface area contributed by atoms with Gasteiger partial charge in [0.1, 0.15) is 5.75 Å². The van der Waals surface area contributed by atoms with Crippen molar-refractivity contribution in [3.8, 4) is 5.75 Å². The van der Waals surface area contributed by atoms with E-state index in [1.807, 2.05) is 13.0 Å². The van der Waals surface area contributed by atoms with Gasteiger partial charge in [0.15, 0.2) is 0 Å². The van der Waals surface area contributed by atoms with Crippen molar-refractivity contribution in [2.24, 2.45) is 5.73 Å². The Morgan fingerprint density at radius 1 is 1.38 bits per heavy atom. The topological polar surface area (TPSA) is 49.5 Å². The molecule has 3 N–H and O–H groups in total. The van der Waals surface area contributed by atoms with Crippen molar-refractivity contribution in [3.05, 3.63) is 23.8 Å². The average Bonchev–Trinajstić information content (AvgIpc) is 2.58. The predicted octanol–water partition coefficient (Wildman–Crippen LogP) is 2.05. The lowest BCUT2D eigenvalue weighted by Crippen LogP contribution is -2.33. The standard InChI is InChI=1S/C13H20N2O/c1-8(2)15-7-10(9(3)14)13-11(15)5-4-6-12(13)16/h4-6,8-10,16H,7,14H2,1-3H3. The molecular formula is C13H20N2O. The molecule has 2 rings (SSSR count). The van der Waals surface area contributed by atoms with Crippen LogP contribution in [0.5, 0.6) is 5.75 Å². The molecule has 2 unspecified atom stereocenters. The summed E-state index contributed by atoms with van der Waals surface area (Å²) in [7, 11) is 0. The monoisotopic (exact) mass is 220 g/mol. The van der Waals surface area contributed by atoms with Crippen LogP contribution in [0.1, 0.15) is 32.3 Å². The highest BCUT2D eigenvalue weighted by Crippen LogP contribution is 2.43. The van der Waals surface area contributed by atoms with Crippen LogP contribution in [0.25, 0.3) is 0 Å². The first-order valence-corrected chi connectivity index (χ1v) is 5.86. The minimum Gasteiger partial charge on any atom is -0.508 e. The van der Waals surface area contributed by atoms with E-state index in [9.17, 15) is 5.11 Å². The van der Waals surface area contributed by atoms with Crippen LogP contribution < -0.4 is 10.6 Å². The molecule has 0 radical (unpaired) electrons. The Labute approximate surface area is 96.9 Å². The molecule has 0 bridgehead atoms. The van der Waals surface area contributed by atoms with Gasteiger partial charge in [-0.15, -0.1) is 0 Å². The van der Waals surface area contributed by atoms with Gasteiger partial charge in [-0.1, -0.05) is 6.07 Å². The Kier molecular flexibility index (Phi) is 2.80. The van der Waals surface area contributed by atoms with Gasteiger partial charge in [0.05, 0.1) is 0 Å². The predicted molar refractivity (Wildman–Crippen MR) is 67.0 cm³/mol. The first kappa shape index (κ1) is 11.3. The number of rotatable bonds is 2. The third kappa shape index (κ3) is 1.65. The van der Waals surface area contributed by atoms with Gasteiger partial charge in [0, 0.05) is 35.8 Å². The maximum atomic E-state index is 9.97. The van der Waals surface area contributed by atoms with Crippen molar-refractivity contribution < 1.29 is 5.11 Å². The fourth-order valence-electron chi connectivity index (χ4n) is 2.49. The Bertz CT molecular complexity index is 388. The largest absolute Gasteiger partial charge is 0.508 e. The molecule has 0 saturated heterocycles. The molecule has 0 aromatic heterocycles. The molecule has 0 saturated carbocycles. The fraction of sp³-hybridized carbons (Fsp3) is 0.538. The zero-order valence-electron chi connectivity index (χ0n) is 10.1. The zero-order valence-corrected chi connectivity index (χ0v) is 10.1. The van der Waals surface area contributed by atoms with E-state index in [2.05, 4.69) is 24.8 Å². The molecule has 0 spiro atoms. The lowest BCUT2D eigenvalue weighted by Gasteiger charge is -2.25. The molecule has 0 fully saturated rings. The second-order valence-electron chi connectivity index (χ2n) is 4.92. The molecular weight excluding hydrogens is 200 g/mol. The highest BCUT2D eigenvalue weighted by molar-refractivity contribution is 5.65. The van der Waals surface area contributed by atoms with E-state index in [-0.39, 0.29) is 12.0 Å². The summed E-state index contributed by atoms with van der Waals surface area (Å²) in [5.41, 5.74) is 8.16. The number of nitrogens with two attached hydrogens (primary N) is 1. The molecule has 0 amide bonds. The molecule has 1 aromatic carbocycles. The van der Waals surface area contributed by atoms with E-state index >= 15 is 0 Å². The van der Waals surface area contributed by atoms with Crippen LogP contribution in [0, 0.1) is 0 Å². The first-order valence-electron chi connectivity index (χ1n) is 5.86. The SMILES string of the molecule is CC(N)C1CN(C(C)C)c2cccc(O)c21. The third-order valence-electron chi connectivity index (χ3n) is 3.39. The van der Waals surface area contributed by atoms with Crippen LogP contribution in [0.3, 0.4) is 0 Å². The summed E-state index contributed by atoms with van der Waals surface area (Å²) in [6.07, 6.45) is 0. The molecule has 0 aliphatic carbocycles. The smallest absolute Gasteiger partial charge is 0.121 e. The van der Waals surface area contributed by atoms with E-state index in [1.54, 1.807) is 6.07 Å². The fourth-order valence-corrected chi connectivity index (χ4v) is 2.49. The summed E-state index contributed by atoms with van der Waals surface area (Å²) >= 11 is 0. The Balaban J connectivity index is 2.49. The van der Waals surface area contributed by atoms with Gasteiger partial charge in [-0.25, -0.2) is 0 Å². The summed E-state index contributed by atoms with van der Waals surface area (Å²) < 4.78 is 0. The molecule has 1 aliphatic rings. The summed E-state index contributed by atoms with van der Waals surface area (Å²) in [6, 6.07) is 6.21. The number of hydrogen-bond acceptors (Lipinski definition) is 3. The van der Waals surface area contributed by atoms with Gasteiger partial charge >= 0.3 is 0 Å². The molecule has 3 nitrogen and oxygen atoms in total. The number of phenols is 1. The maximum Gasteiger partial charge on any atom is 0.121 e. The third-order valence-corrected chi connectivity index (χ3v) is 3.39. The zero-order chi connectivity index (χ0) is 11.9. The molecule has 3 heteroatoms. The van der Waals surface area contributed by atoms with Crippen molar-refractivity contribution in [1.82, 2.24) is 0 Å². The Morgan fingerprint density at radius 2 is 2.06 bits per heavy atom. The van der Waals surface area contributed by atoms with E-state index in [0.29, 0.717) is 11.8 Å². The molecule has 1 aliphatic heterocycles. The second-order valence-corrected chi connectivity index (χ2v) is 4.92. The molecule has 1 aromatic rings. The van der Waals surface area contributed by atoms with Crippen molar-refractivity contribution in [3.63, 3.8) is 0 Å². The number of phenolic OH excluding ortho intramolecular Hbond substituents is 1. The number of fused-ring (bicyclic) bond motifs is 1. The lowest BCUT2D eigenvalue weighted by atomic mass is 9.94. The summed E-state index contributed by atoms with van der Waals surface area (Å²) in [5, 5.41) is 9.97. The first-order chi connectivity index (χ1) is 7.52. The van der Waals surface area contributed by atoms with Gasteiger partial charge in [-0.2, -0.15) is 0 Å². The Morgan fingerprint density at radius 3 is 2.62 bits per heavy atom. The molecule has 2 atom stereocenters. The van der Waals surface area contributed by atoms with Crippen LogP contribution in [0.2, 0.25) is 0 Å². The minimum absolute atomic E-state index is 0.0656. The highest BCUT2D eigenvalue weighted by atomic mass is 16.3. The average molecular weight is 220 g/mol. The van der Waals surface area contributed by atoms with E-state index in [1.165, 1.54) is 0 Å². The van der Waals surface area contributed by atoms with E-state index in [4.69, 9.17) is 5.73 Å². The highest BCUT2D eigenvalue weighted by Gasteiger charge is 2.34. The number of anilines is 1. The number of nitrogens with zero attached hydrogens (tertiary/aromatic N) is 1. The molecule has 1 heterocycles. The number of aromatic hydroxyl groups is 1. The van der Waals surface area contributed by atoms with Crippen LogP contribution in [0.4, 0.5) is 5.69 Å². The van der Waals surface area contributed by atoms with Gasteiger partial charge in [0.25, 0.3) is 0 Å². The maximum absolute atomic E-state index is 9.97. The van der Waals surface area contributed by atoms with Crippen molar-refractivity contribution in [2.45, 2.75) is 38.8 Å².